The van der Waals surface area contributed by atoms with Crippen LogP contribution in [-0.2, 0) is 4.79 Å². The number of rotatable bonds is 2. The van der Waals surface area contributed by atoms with E-state index in [4.69, 9.17) is 5.26 Å². The maximum absolute atomic E-state index is 12.1. The number of nitrogens with zero attached hydrogens (tertiary/aromatic N) is 4. The van der Waals surface area contributed by atoms with Crippen LogP contribution in [0.15, 0.2) is 0 Å². The number of piperazine rings is 1. The molecule has 5 heteroatoms. The van der Waals surface area contributed by atoms with Crippen LogP contribution in [0.5, 0.6) is 0 Å². The van der Waals surface area contributed by atoms with Crippen LogP contribution in [0.1, 0.15) is 12.8 Å². The maximum atomic E-state index is 12.1. The summed E-state index contributed by atoms with van der Waals surface area (Å²) in [6.07, 6.45) is 1.82. The summed E-state index contributed by atoms with van der Waals surface area (Å²) in [5.74, 6) is 0.443. The third-order valence-electron chi connectivity index (χ3n) is 3.99. The second-order valence-corrected chi connectivity index (χ2v) is 5.36. The van der Waals surface area contributed by atoms with Crippen LogP contribution in [0.25, 0.3) is 0 Å². The van der Waals surface area contributed by atoms with Gasteiger partial charge in [-0.1, -0.05) is 0 Å². The third-order valence-corrected chi connectivity index (χ3v) is 3.99. The molecule has 5 nitrogen and oxygen atoms in total. The van der Waals surface area contributed by atoms with Crippen LogP contribution >= 0.6 is 0 Å². The Bertz CT molecular complexity index is 322. The number of nitriles is 1. The minimum Gasteiger partial charge on any atom is -0.339 e. The van der Waals surface area contributed by atoms with Gasteiger partial charge in [-0.25, -0.2) is 0 Å². The number of hydrogen-bond donors (Lipinski definition) is 0. The number of piperidine rings is 1. The molecule has 2 aliphatic heterocycles. The second kappa shape index (κ2) is 6.17. The number of likely N-dealkylation sites (N-methyl/N-ethyl adjacent to an activating group) is 1. The van der Waals surface area contributed by atoms with Crippen molar-refractivity contribution >= 4 is 5.91 Å². The van der Waals surface area contributed by atoms with Crippen molar-refractivity contribution in [1.82, 2.24) is 14.7 Å². The van der Waals surface area contributed by atoms with Gasteiger partial charge >= 0.3 is 0 Å². The molecule has 0 atom stereocenters. The van der Waals surface area contributed by atoms with Crippen LogP contribution in [0, 0.1) is 17.2 Å². The molecule has 2 saturated heterocycles. The van der Waals surface area contributed by atoms with Gasteiger partial charge < -0.3 is 9.80 Å². The van der Waals surface area contributed by atoms with Crippen LogP contribution in [0.3, 0.4) is 0 Å². The van der Waals surface area contributed by atoms with E-state index in [-0.39, 0.29) is 11.8 Å². The molecular weight excluding hydrogens is 228 g/mol. The molecule has 2 fully saturated rings. The lowest BCUT2D eigenvalue weighted by Gasteiger charge is -2.35. The monoisotopic (exact) mass is 250 g/mol. The normalized spacial score (nSPS) is 23.9. The summed E-state index contributed by atoms with van der Waals surface area (Å²) in [6.45, 7) is 5.95. The Balaban J connectivity index is 1.73. The van der Waals surface area contributed by atoms with E-state index in [1.165, 1.54) is 0 Å². The van der Waals surface area contributed by atoms with E-state index in [1.807, 2.05) is 4.90 Å². The van der Waals surface area contributed by atoms with Crippen molar-refractivity contribution < 1.29 is 4.79 Å². The van der Waals surface area contributed by atoms with Gasteiger partial charge in [0, 0.05) is 32.1 Å². The van der Waals surface area contributed by atoms with Gasteiger partial charge in [-0.15, -0.1) is 0 Å². The van der Waals surface area contributed by atoms with Crippen molar-refractivity contribution in [3.8, 4) is 6.07 Å². The van der Waals surface area contributed by atoms with Gasteiger partial charge in [0.25, 0.3) is 0 Å². The predicted octanol–water partition coefficient (Wildman–Crippen LogP) is -0.00402. The topological polar surface area (TPSA) is 50.6 Å². The summed E-state index contributed by atoms with van der Waals surface area (Å²) < 4.78 is 0. The predicted molar refractivity (Wildman–Crippen MR) is 68.9 cm³/mol. The molecule has 1 amide bonds. The lowest BCUT2D eigenvalue weighted by molar-refractivity contribution is -0.134. The molecule has 0 aromatic carbocycles. The summed E-state index contributed by atoms with van der Waals surface area (Å²) in [7, 11) is 2.09. The average Bonchev–Trinajstić information content (AvgIpc) is 2.40. The summed E-state index contributed by atoms with van der Waals surface area (Å²) in [5, 5.41) is 8.84. The average molecular weight is 250 g/mol. The fourth-order valence-electron chi connectivity index (χ4n) is 2.57. The Hall–Kier alpha value is -1.12. The lowest BCUT2D eigenvalue weighted by Crippen LogP contribution is -2.50. The Kier molecular flexibility index (Phi) is 4.56. The van der Waals surface area contributed by atoms with E-state index in [1.54, 1.807) is 0 Å². The molecule has 0 aliphatic carbocycles. The fourth-order valence-corrected chi connectivity index (χ4v) is 2.57. The molecular formula is C13H22N4O. The van der Waals surface area contributed by atoms with Crippen molar-refractivity contribution in [2.75, 3.05) is 52.9 Å². The lowest BCUT2D eigenvalue weighted by atomic mass is 9.99. The SMILES string of the molecule is CN1CCN(C(=O)CN2CCC(C#N)CC2)CC1. The van der Waals surface area contributed by atoms with E-state index >= 15 is 0 Å². The van der Waals surface area contributed by atoms with Gasteiger partial charge in [0.2, 0.25) is 5.91 Å². The number of amides is 1. The number of hydrogen-bond acceptors (Lipinski definition) is 4. The van der Waals surface area contributed by atoms with E-state index in [0.717, 1.165) is 52.1 Å². The summed E-state index contributed by atoms with van der Waals surface area (Å²) in [5.41, 5.74) is 0. The highest BCUT2D eigenvalue weighted by Crippen LogP contribution is 2.16. The first-order valence-electron chi connectivity index (χ1n) is 6.77. The second-order valence-electron chi connectivity index (χ2n) is 5.36. The molecule has 0 radical (unpaired) electrons. The first-order chi connectivity index (χ1) is 8.69. The van der Waals surface area contributed by atoms with Crippen molar-refractivity contribution in [3.05, 3.63) is 0 Å². The van der Waals surface area contributed by atoms with Gasteiger partial charge in [-0.3, -0.25) is 9.69 Å². The maximum Gasteiger partial charge on any atom is 0.236 e. The van der Waals surface area contributed by atoms with Crippen molar-refractivity contribution in [1.29, 1.82) is 5.26 Å². The van der Waals surface area contributed by atoms with Crippen molar-refractivity contribution in [2.24, 2.45) is 5.92 Å². The van der Waals surface area contributed by atoms with Gasteiger partial charge in [-0.05, 0) is 33.0 Å². The molecule has 2 rings (SSSR count). The first kappa shape index (κ1) is 13.3. The zero-order valence-electron chi connectivity index (χ0n) is 11.1. The molecule has 0 bridgehead atoms. The molecule has 2 heterocycles. The van der Waals surface area contributed by atoms with Gasteiger partial charge in [0.1, 0.15) is 0 Å². The number of carbonyl (C=O) groups excluding carboxylic acids is 1. The molecule has 18 heavy (non-hydrogen) atoms. The van der Waals surface area contributed by atoms with E-state index in [9.17, 15) is 4.79 Å². The Labute approximate surface area is 109 Å². The fraction of sp³-hybridized carbons (Fsp3) is 0.846. The Morgan fingerprint density at radius 3 is 2.33 bits per heavy atom. The van der Waals surface area contributed by atoms with E-state index < -0.39 is 0 Å². The Morgan fingerprint density at radius 1 is 1.17 bits per heavy atom. The smallest absolute Gasteiger partial charge is 0.236 e. The molecule has 0 spiro atoms. The van der Waals surface area contributed by atoms with Gasteiger partial charge in [0.05, 0.1) is 12.6 Å². The van der Waals surface area contributed by atoms with E-state index in [2.05, 4.69) is 22.9 Å². The van der Waals surface area contributed by atoms with Crippen LogP contribution in [0.2, 0.25) is 0 Å². The van der Waals surface area contributed by atoms with Crippen LogP contribution < -0.4 is 0 Å². The summed E-state index contributed by atoms with van der Waals surface area (Å²) in [4.78, 5) is 18.5. The largest absolute Gasteiger partial charge is 0.339 e. The summed E-state index contributed by atoms with van der Waals surface area (Å²) >= 11 is 0. The van der Waals surface area contributed by atoms with Crippen LogP contribution in [0.4, 0.5) is 0 Å². The minimum atomic E-state index is 0.194. The van der Waals surface area contributed by atoms with Crippen molar-refractivity contribution in [2.45, 2.75) is 12.8 Å². The molecule has 0 aromatic rings. The highest BCUT2D eigenvalue weighted by Gasteiger charge is 2.24. The summed E-state index contributed by atoms with van der Waals surface area (Å²) in [6, 6.07) is 2.32. The highest BCUT2D eigenvalue weighted by atomic mass is 16.2. The van der Waals surface area contributed by atoms with Gasteiger partial charge in [-0.2, -0.15) is 5.26 Å². The van der Waals surface area contributed by atoms with Gasteiger partial charge in [0.15, 0.2) is 0 Å². The molecule has 0 saturated carbocycles. The third kappa shape index (κ3) is 3.44. The first-order valence-corrected chi connectivity index (χ1v) is 6.77. The molecule has 0 unspecified atom stereocenters. The highest BCUT2D eigenvalue weighted by molar-refractivity contribution is 5.78. The van der Waals surface area contributed by atoms with Crippen molar-refractivity contribution in [3.63, 3.8) is 0 Å². The molecule has 0 N–H and O–H groups in total. The quantitative estimate of drug-likeness (QED) is 0.692. The zero-order valence-corrected chi connectivity index (χ0v) is 11.1. The standard InChI is InChI=1S/C13H22N4O/c1-15-6-8-17(9-7-15)13(18)11-16-4-2-12(10-14)3-5-16/h12H,2-9,11H2,1H3. The zero-order chi connectivity index (χ0) is 13.0. The Morgan fingerprint density at radius 2 is 1.78 bits per heavy atom. The molecule has 100 valence electrons. The molecule has 2 aliphatic rings. The van der Waals surface area contributed by atoms with Crippen LogP contribution in [-0.4, -0.2) is 73.5 Å². The minimum absolute atomic E-state index is 0.194. The molecule has 0 aromatic heterocycles. The number of likely N-dealkylation sites (tertiary alicyclic amines) is 1. The number of carbonyl (C=O) groups is 1. The van der Waals surface area contributed by atoms with E-state index in [0.29, 0.717) is 6.54 Å².